The van der Waals surface area contributed by atoms with Crippen LogP contribution in [0.3, 0.4) is 0 Å². The highest BCUT2D eigenvalue weighted by Gasteiger charge is 2.58. The fourth-order valence-electron chi connectivity index (χ4n) is 3.91. The molecule has 0 radical (unpaired) electrons. The summed E-state index contributed by atoms with van der Waals surface area (Å²) in [5, 5.41) is 0. The lowest BCUT2D eigenvalue weighted by molar-refractivity contribution is -0.127. The van der Waals surface area contributed by atoms with Crippen LogP contribution >= 0.6 is 0 Å². The van der Waals surface area contributed by atoms with Crippen molar-refractivity contribution in [2.75, 3.05) is 17.4 Å². The van der Waals surface area contributed by atoms with Gasteiger partial charge in [0.15, 0.2) is 0 Å². The van der Waals surface area contributed by atoms with Crippen molar-refractivity contribution in [3.05, 3.63) is 59.0 Å². The number of anilines is 1. The Balaban J connectivity index is 1.72. The molecule has 1 atom stereocenters. The first-order valence-corrected chi connectivity index (χ1v) is 10.1. The Kier molecular flexibility index (Phi) is 4.08. The van der Waals surface area contributed by atoms with Crippen LogP contribution in [-0.2, 0) is 15.0 Å². The Hall–Kier alpha value is -2.65. The number of pyridine rings is 1. The van der Waals surface area contributed by atoms with Crippen LogP contribution in [0, 0.1) is 0 Å². The Bertz CT molecular complexity index is 1050. The van der Waals surface area contributed by atoms with Gasteiger partial charge in [0.2, 0.25) is 5.91 Å². The predicted octanol–water partition coefficient (Wildman–Crippen LogP) is 0.612. The number of amides is 1. The molecule has 2 fully saturated rings. The highest BCUT2D eigenvalue weighted by Crippen LogP contribution is 2.41. The van der Waals surface area contributed by atoms with Crippen LogP contribution < -0.4 is 15.6 Å². The maximum atomic E-state index is 13.0. The van der Waals surface area contributed by atoms with Crippen molar-refractivity contribution < 1.29 is 13.2 Å². The zero-order valence-electron chi connectivity index (χ0n) is 14.6. The monoisotopic (exact) mass is 388 g/mol. The van der Waals surface area contributed by atoms with Crippen LogP contribution in [0.5, 0.6) is 0 Å². The van der Waals surface area contributed by atoms with E-state index in [1.54, 1.807) is 42.6 Å². The van der Waals surface area contributed by atoms with E-state index >= 15 is 0 Å². The van der Waals surface area contributed by atoms with Gasteiger partial charge in [-0.05, 0) is 49.6 Å². The molecule has 0 bridgehead atoms. The predicted molar refractivity (Wildman–Crippen MR) is 101 cm³/mol. The highest BCUT2D eigenvalue weighted by molar-refractivity contribution is 7.90. The number of nitrogens with zero attached hydrogens (tertiary/aromatic N) is 3. The standard InChI is InChI=1S/C18H20N4O4S/c19-17(24)18-10-2-4-12-22(18)27(25,26)21(13-18)15-8-6-14(7-9-15)20-11-3-1-5-16(20)23/h1,3,5-9,11H,2,4,10,12-13H2,(H2,19,24)/t18-/m1/s1. The SMILES string of the molecule is NC(=O)[C@]12CCCCN1S(=O)(=O)N(c1ccc(-n3ccccc3=O)cc1)C2. The molecule has 0 saturated carbocycles. The molecule has 9 heteroatoms. The van der Waals surface area contributed by atoms with Crippen molar-refractivity contribution in [1.29, 1.82) is 0 Å². The lowest BCUT2D eigenvalue weighted by Gasteiger charge is -2.35. The molecule has 1 amide bonds. The van der Waals surface area contributed by atoms with E-state index in [0.29, 0.717) is 30.8 Å². The van der Waals surface area contributed by atoms with Gasteiger partial charge >= 0.3 is 10.2 Å². The second-order valence-corrected chi connectivity index (χ2v) is 8.64. The third kappa shape index (κ3) is 2.65. The average Bonchev–Trinajstić information content (AvgIpc) is 2.91. The van der Waals surface area contributed by atoms with Crippen LogP contribution in [0.15, 0.2) is 53.5 Å². The summed E-state index contributed by atoms with van der Waals surface area (Å²) in [6, 6.07) is 11.5. The first-order chi connectivity index (χ1) is 12.9. The second kappa shape index (κ2) is 6.21. The molecular weight excluding hydrogens is 368 g/mol. The van der Waals surface area contributed by atoms with Crippen LogP contribution in [0.2, 0.25) is 0 Å². The third-order valence-electron chi connectivity index (χ3n) is 5.34. The molecule has 3 heterocycles. The van der Waals surface area contributed by atoms with Gasteiger partial charge in [-0.15, -0.1) is 0 Å². The zero-order valence-corrected chi connectivity index (χ0v) is 15.4. The summed E-state index contributed by atoms with van der Waals surface area (Å²) in [7, 11) is -3.83. The van der Waals surface area contributed by atoms with Crippen molar-refractivity contribution in [2.24, 2.45) is 5.73 Å². The van der Waals surface area contributed by atoms with Gasteiger partial charge in [0.25, 0.3) is 5.56 Å². The number of aromatic nitrogens is 1. The average molecular weight is 388 g/mol. The normalized spacial score (nSPS) is 24.5. The summed E-state index contributed by atoms with van der Waals surface area (Å²) in [4.78, 5) is 24.1. The van der Waals surface area contributed by atoms with Crippen LogP contribution in [0.4, 0.5) is 5.69 Å². The van der Waals surface area contributed by atoms with E-state index in [9.17, 15) is 18.0 Å². The number of hydrogen-bond donors (Lipinski definition) is 1. The summed E-state index contributed by atoms with van der Waals surface area (Å²) in [5.74, 6) is -0.610. The molecule has 0 spiro atoms. The Labute approximate surface area is 157 Å². The lowest BCUT2D eigenvalue weighted by Crippen LogP contribution is -2.58. The summed E-state index contributed by atoms with van der Waals surface area (Å²) in [5.41, 5.74) is 5.32. The molecular formula is C18H20N4O4S. The number of fused-ring (bicyclic) bond motifs is 1. The van der Waals surface area contributed by atoms with Crippen molar-refractivity contribution in [3.8, 4) is 5.69 Å². The van der Waals surface area contributed by atoms with Crippen LogP contribution in [0.1, 0.15) is 19.3 Å². The third-order valence-corrected chi connectivity index (χ3v) is 7.32. The molecule has 2 aliphatic rings. The quantitative estimate of drug-likeness (QED) is 0.832. The number of piperidine rings is 1. The van der Waals surface area contributed by atoms with Gasteiger partial charge in [0.05, 0.1) is 12.2 Å². The maximum Gasteiger partial charge on any atom is 0.305 e. The molecule has 2 N–H and O–H groups in total. The van der Waals surface area contributed by atoms with E-state index in [-0.39, 0.29) is 12.1 Å². The van der Waals surface area contributed by atoms with E-state index in [2.05, 4.69) is 0 Å². The van der Waals surface area contributed by atoms with Gasteiger partial charge in [-0.2, -0.15) is 12.7 Å². The highest BCUT2D eigenvalue weighted by atomic mass is 32.2. The minimum absolute atomic E-state index is 0.00922. The van der Waals surface area contributed by atoms with Gasteiger partial charge in [-0.1, -0.05) is 6.07 Å². The van der Waals surface area contributed by atoms with E-state index in [1.807, 2.05) is 0 Å². The van der Waals surface area contributed by atoms with Crippen molar-refractivity contribution in [3.63, 3.8) is 0 Å². The number of hydrogen-bond acceptors (Lipinski definition) is 4. The zero-order chi connectivity index (χ0) is 19.2. The Morgan fingerprint density at radius 2 is 1.74 bits per heavy atom. The number of carbonyl (C=O) groups excluding carboxylic acids is 1. The summed E-state index contributed by atoms with van der Waals surface area (Å²) < 4.78 is 30.0. The molecule has 4 rings (SSSR count). The Morgan fingerprint density at radius 3 is 2.37 bits per heavy atom. The number of nitrogens with two attached hydrogens (primary N) is 1. The molecule has 27 heavy (non-hydrogen) atoms. The number of rotatable bonds is 3. The Morgan fingerprint density at radius 1 is 1.04 bits per heavy atom. The molecule has 1 aromatic heterocycles. The van der Waals surface area contributed by atoms with Gasteiger partial charge in [0.1, 0.15) is 5.54 Å². The lowest BCUT2D eigenvalue weighted by atomic mass is 9.88. The molecule has 0 unspecified atom stereocenters. The minimum atomic E-state index is -3.83. The minimum Gasteiger partial charge on any atom is -0.368 e. The fourth-order valence-corrected chi connectivity index (χ4v) is 5.96. The molecule has 8 nitrogen and oxygen atoms in total. The number of primary amides is 1. The summed E-state index contributed by atoms with van der Waals surface area (Å²) >= 11 is 0. The second-order valence-electron chi connectivity index (χ2n) is 6.86. The summed E-state index contributed by atoms with van der Waals surface area (Å²) in [6.45, 7) is 0.300. The molecule has 2 saturated heterocycles. The molecule has 1 aromatic carbocycles. The van der Waals surface area contributed by atoms with Gasteiger partial charge in [0, 0.05) is 24.5 Å². The van der Waals surface area contributed by atoms with Crippen LogP contribution in [0.25, 0.3) is 5.69 Å². The first-order valence-electron chi connectivity index (χ1n) is 8.75. The van der Waals surface area contributed by atoms with E-state index in [1.165, 1.54) is 19.2 Å². The van der Waals surface area contributed by atoms with E-state index in [0.717, 1.165) is 6.42 Å². The number of benzene rings is 1. The maximum absolute atomic E-state index is 13.0. The van der Waals surface area contributed by atoms with Crippen molar-refractivity contribution >= 4 is 21.8 Å². The van der Waals surface area contributed by atoms with Gasteiger partial charge < -0.3 is 5.73 Å². The largest absolute Gasteiger partial charge is 0.368 e. The number of carbonyl (C=O) groups is 1. The smallest absolute Gasteiger partial charge is 0.305 e. The van der Waals surface area contributed by atoms with Gasteiger partial charge in [-0.25, -0.2) is 0 Å². The van der Waals surface area contributed by atoms with Crippen molar-refractivity contribution in [2.45, 2.75) is 24.8 Å². The fraction of sp³-hybridized carbons (Fsp3) is 0.333. The molecule has 2 aromatic rings. The summed E-state index contributed by atoms with van der Waals surface area (Å²) in [6.07, 6.45) is 3.54. The van der Waals surface area contributed by atoms with E-state index < -0.39 is 21.7 Å². The van der Waals surface area contributed by atoms with E-state index in [4.69, 9.17) is 5.73 Å². The van der Waals surface area contributed by atoms with Crippen molar-refractivity contribution in [1.82, 2.24) is 8.87 Å². The van der Waals surface area contributed by atoms with Gasteiger partial charge in [-0.3, -0.25) is 18.5 Å². The molecule has 0 aliphatic carbocycles. The first kappa shape index (κ1) is 17.7. The molecule has 142 valence electrons. The topological polar surface area (TPSA) is 106 Å². The van der Waals surface area contributed by atoms with Crippen LogP contribution in [-0.4, -0.2) is 41.8 Å². The molecule has 2 aliphatic heterocycles.